The minimum atomic E-state index is -0.791. The van der Waals surface area contributed by atoms with Crippen molar-refractivity contribution in [1.82, 2.24) is 4.90 Å². The van der Waals surface area contributed by atoms with Crippen molar-refractivity contribution in [2.45, 2.75) is 59.0 Å². The molecule has 4 unspecified atom stereocenters. The van der Waals surface area contributed by atoms with Crippen LogP contribution >= 0.6 is 0 Å². The molecule has 3 nitrogen and oxygen atoms in total. The zero-order chi connectivity index (χ0) is 16.3. The number of rotatable bonds is 4. The molecule has 1 aromatic rings. The molecule has 4 atom stereocenters. The highest BCUT2D eigenvalue weighted by Gasteiger charge is 2.39. The molecule has 1 amide bonds. The minimum Gasteiger partial charge on any atom is -0.465 e. The van der Waals surface area contributed by atoms with E-state index < -0.39 is 6.09 Å². The van der Waals surface area contributed by atoms with E-state index in [2.05, 4.69) is 20.8 Å². The second-order valence-corrected chi connectivity index (χ2v) is 7.17. The maximum atomic E-state index is 12.0. The molecule has 1 fully saturated rings. The third-order valence-electron chi connectivity index (χ3n) is 5.26. The van der Waals surface area contributed by atoms with Crippen LogP contribution in [0, 0.1) is 17.8 Å². The molecule has 0 aromatic heterocycles. The summed E-state index contributed by atoms with van der Waals surface area (Å²) >= 11 is 0. The van der Waals surface area contributed by atoms with Crippen LogP contribution in [0.5, 0.6) is 0 Å². The number of carboxylic acid groups (broad SMARTS) is 1. The molecule has 0 heterocycles. The van der Waals surface area contributed by atoms with Crippen LogP contribution in [0.15, 0.2) is 30.3 Å². The summed E-state index contributed by atoms with van der Waals surface area (Å²) in [6, 6.07) is 10.0. The number of nitrogens with zero attached hydrogens (tertiary/aromatic N) is 1. The molecule has 1 aliphatic carbocycles. The van der Waals surface area contributed by atoms with Crippen LogP contribution in [0.1, 0.15) is 58.6 Å². The van der Waals surface area contributed by atoms with Crippen molar-refractivity contribution in [3.8, 4) is 0 Å². The summed E-state index contributed by atoms with van der Waals surface area (Å²) in [5, 5.41) is 9.87. The lowest BCUT2D eigenvalue weighted by atomic mass is 9.73. The fourth-order valence-corrected chi connectivity index (χ4v) is 3.96. The molecule has 0 saturated heterocycles. The molecule has 1 saturated carbocycles. The Bertz CT molecular complexity index is 485. The van der Waals surface area contributed by atoms with Gasteiger partial charge in [-0.1, -0.05) is 57.5 Å². The lowest BCUT2D eigenvalue weighted by Gasteiger charge is -2.45. The zero-order valence-electron chi connectivity index (χ0n) is 14.2. The van der Waals surface area contributed by atoms with Crippen LogP contribution in [0.3, 0.4) is 0 Å². The lowest BCUT2D eigenvalue weighted by molar-refractivity contribution is 0.0361. The Morgan fingerprint density at radius 3 is 2.36 bits per heavy atom. The summed E-state index contributed by atoms with van der Waals surface area (Å²) in [5.74, 6) is 1.57. The van der Waals surface area contributed by atoms with Gasteiger partial charge < -0.3 is 5.11 Å². The van der Waals surface area contributed by atoms with E-state index in [-0.39, 0.29) is 12.1 Å². The molecule has 0 spiro atoms. The predicted molar refractivity (Wildman–Crippen MR) is 89.9 cm³/mol. The Morgan fingerprint density at radius 2 is 1.82 bits per heavy atom. The SMILES string of the molecule is CC1CCC(C(C)C)C(N(C(=O)O)C(C)c2ccccc2)C1. The second-order valence-electron chi connectivity index (χ2n) is 7.17. The molecule has 1 aliphatic rings. The van der Waals surface area contributed by atoms with Crippen LogP contribution in [-0.2, 0) is 0 Å². The van der Waals surface area contributed by atoms with Crippen LogP contribution < -0.4 is 0 Å². The van der Waals surface area contributed by atoms with E-state index in [0.29, 0.717) is 17.8 Å². The quantitative estimate of drug-likeness (QED) is 0.831. The highest BCUT2D eigenvalue weighted by atomic mass is 16.4. The van der Waals surface area contributed by atoms with Gasteiger partial charge in [-0.3, -0.25) is 4.90 Å². The van der Waals surface area contributed by atoms with Crippen LogP contribution in [0.2, 0.25) is 0 Å². The molecule has 0 bridgehead atoms. The third kappa shape index (κ3) is 3.63. The van der Waals surface area contributed by atoms with Crippen molar-refractivity contribution in [2.24, 2.45) is 17.8 Å². The fraction of sp³-hybridized carbons (Fsp3) is 0.632. The van der Waals surface area contributed by atoms with Crippen molar-refractivity contribution < 1.29 is 9.90 Å². The Balaban J connectivity index is 2.30. The van der Waals surface area contributed by atoms with Crippen molar-refractivity contribution in [1.29, 1.82) is 0 Å². The normalized spacial score (nSPS) is 26.7. The van der Waals surface area contributed by atoms with Gasteiger partial charge in [0.05, 0.1) is 6.04 Å². The van der Waals surface area contributed by atoms with Gasteiger partial charge >= 0.3 is 6.09 Å². The molecule has 3 heteroatoms. The molecule has 0 radical (unpaired) electrons. The second kappa shape index (κ2) is 7.17. The third-order valence-corrected chi connectivity index (χ3v) is 5.26. The summed E-state index contributed by atoms with van der Waals surface area (Å²) in [6.07, 6.45) is 2.54. The van der Waals surface area contributed by atoms with Crippen LogP contribution in [0.4, 0.5) is 4.79 Å². The van der Waals surface area contributed by atoms with Gasteiger partial charge in [0.15, 0.2) is 0 Å². The molecular formula is C19H29NO2. The van der Waals surface area contributed by atoms with Gasteiger partial charge in [-0.05, 0) is 43.1 Å². The lowest BCUT2D eigenvalue weighted by Crippen LogP contribution is -2.49. The van der Waals surface area contributed by atoms with E-state index in [1.807, 2.05) is 37.3 Å². The van der Waals surface area contributed by atoms with E-state index in [1.165, 1.54) is 6.42 Å². The molecule has 1 N–H and O–H groups in total. The molecule has 22 heavy (non-hydrogen) atoms. The topological polar surface area (TPSA) is 40.5 Å². The van der Waals surface area contributed by atoms with Gasteiger partial charge in [0.2, 0.25) is 0 Å². The summed E-state index contributed by atoms with van der Waals surface area (Å²) in [5.41, 5.74) is 1.07. The zero-order valence-corrected chi connectivity index (χ0v) is 14.2. The highest BCUT2D eigenvalue weighted by Crippen LogP contribution is 2.39. The monoisotopic (exact) mass is 303 g/mol. The largest absolute Gasteiger partial charge is 0.465 e. The van der Waals surface area contributed by atoms with Crippen LogP contribution in [-0.4, -0.2) is 22.1 Å². The first-order valence-corrected chi connectivity index (χ1v) is 8.48. The predicted octanol–water partition coefficient (Wildman–Crippen LogP) is 5.19. The first kappa shape index (κ1) is 16.9. The Morgan fingerprint density at radius 1 is 1.18 bits per heavy atom. The van der Waals surface area contributed by atoms with E-state index in [0.717, 1.165) is 18.4 Å². The summed E-state index contributed by atoms with van der Waals surface area (Å²) in [4.78, 5) is 13.7. The summed E-state index contributed by atoms with van der Waals surface area (Å²) < 4.78 is 0. The highest BCUT2D eigenvalue weighted by molar-refractivity contribution is 5.66. The standard InChI is InChI=1S/C19H29NO2/c1-13(2)17-11-10-14(3)12-18(17)20(19(21)22)15(4)16-8-6-5-7-9-16/h5-9,13-15,17-18H,10-12H2,1-4H3,(H,21,22). The number of amides is 1. The van der Waals surface area contributed by atoms with E-state index in [4.69, 9.17) is 0 Å². The maximum absolute atomic E-state index is 12.0. The molecular weight excluding hydrogens is 274 g/mol. The Kier molecular flexibility index (Phi) is 5.49. The summed E-state index contributed by atoms with van der Waals surface area (Å²) in [7, 11) is 0. The fourth-order valence-electron chi connectivity index (χ4n) is 3.96. The van der Waals surface area contributed by atoms with E-state index in [1.54, 1.807) is 4.90 Å². The first-order valence-electron chi connectivity index (χ1n) is 8.48. The number of hydrogen-bond acceptors (Lipinski definition) is 1. The van der Waals surface area contributed by atoms with E-state index in [9.17, 15) is 9.90 Å². The van der Waals surface area contributed by atoms with Gasteiger partial charge in [-0.15, -0.1) is 0 Å². The Hall–Kier alpha value is -1.51. The van der Waals surface area contributed by atoms with Crippen molar-refractivity contribution in [2.75, 3.05) is 0 Å². The average Bonchev–Trinajstić information content (AvgIpc) is 2.47. The molecule has 122 valence electrons. The Labute approximate surface area is 134 Å². The van der Waals surface area contributed by atoms with Gasteiger partial charge in [-0.25, -0.2) is 4.79 Å². The number of benzene rings is 1. The number of hydrogen-bond donors (Lipinski definition) is 1. The molecule has 2 rings (SSSR count). The van der Waals surface area contributed by atoms with Crippen molar-refractivity contribution in [3.63, 3.8) is 0 Å². The first-order chi connectivity index (χ1) is 10.4. The maximum Gasteiger partial charge on any atom is 0.408 e. The summed E-state index contributed by atoms with van der Waals surface area (Å²) in [6.45, 7) is 8.71. The van der Waals surface area contributed by atoms with Crippen molar-refractivity contribution in [3.05, 3.63) is 35.9 Å². The van der Waals surface area contributed by atoms with Gasteiger partial charge in [0.1, 0.15) is 0 Å². The molecule has 0 aliphatic heterocycles. The molecule has 1 aromatic carbocycles. The van der Waals surface area contributed by atoms with Gasteiger partial charge in [-0.2, -0.15) is 0 Å². The minimum absolute atomic E-state index is 0.102. The number of carbonyl (C=O) groups is 1. The van der Waals surface area contributed by atoms with Gasteiger partial charge in [0, 0.05) is 6.04 Å². The van der Waals surface area contributed by atoms with Gasteiger partial charge in [0.25, 0.3) is 0 Å². The van der Waals surface area contributed by atoms with Crippen molar-refractivity contribution >= 4 is 6.09 Å². The van der Waals surface area contributed by atoms with E-state index >= 15 is 0 Å². The smallest absolute Gasteiger partial charge is 0.408 e. The van der Waals surface area contributed by atoms with Crippen LogP contribution in [0.25, 0.3) is 0 Å². The average molecular weight is 303 g/mol.